The number of aromatic nitrogens is 1. The van der Waals surface area contributed by atoms with Crippen molar-refractivity contribution in [3.8, 4) is 5.75 Å². The Morgan fingerprint density at radius 3 is 2.43 bits per heavy atom. The summed E-state index contributed by atoms with van der Waals surface area (Å²) in [6, 6.07) is 12.5. The average molecular weight is 430 g/mol. The third kappa shape index (κ3) is 5.34. The Morgan fingerprint density at radius 2 is 1.80 bits per heavy atom. The summed E-state index contributed by atoms with van der Waals surface area (Å²) >= 11 is 1.35. The molecule has 2 aromatic carbocycles. The molecule has 0 fully saturated rings. The number of carbonyl (C=O) groups is 1. The number of para-hydroxylation sites is 1. The van der Waals surface area contributed by atoms with Crippen molar-refractivity contribution in [2.75, 3.05) is 37.7 Å². The molecule has 3 aromatic rings. The van der Waals surface area contributed by atoms with Crippen LogP contribution >= 0.6 is 11.3 Å². The maximum Gasteiger partial charge on any atom is 0.233 e. The normalized spacial score (nSPS) is 11.2. The smallest absolute Gasteiger partial charge is 0.233 e. The van der Waals surface area contributed by atoms with E-state index in [2.05, 4.69) is 23.7 Å². The van der Waals surface area contributed by atoms with Crippen LogP contribution in [0.2, 0.25) is 0 Å². The molecule has 0 atom stereocenters. The molecule has 160 valence electrons. The zero-order valence-electron chi connectivity index (χ0n) is 17.7. The molecule has 0 unspecified atom stereocenters. The third-order valence-electron chi connectivity index (χ3n) is 5.01. The van der Waals surface area contributed by atoms with Gasteiger partial charge in [0.15, 0.2) is 5.13 Å². The first-order chi connectivity index (χ1) is 14.5. The van der Waals surface area contributed by atoms with Crippen molar-refractivity contribution in [1.29, 1.82) is 0 Å². The van der Waals surface area contributed by atoms with Gasteiger partial charge in [-0.3, -0.25) is 9.69 Å². The van der Waals surface area contributed by atoms with E-state index in [0.29, 0.717) is 23.8 Å². The summed E-state index contributed by atoms with van der Waals surface area (Å²) in [7, 11) is 0. The Labute approximate surface area is 181 Å². The second kappa shape index (κ2) is 10.5. The lowest BCUT2D eigenvalue weighted by Gasteiger charge is -2.24. The average Bonchev–Trinajstić information content (AvgIpc) is 3.18. The van der Waals surface area contributed by atoms with Gasteiger partial charge in [-0.05, 0) is 49.8 Å². The van der Waals surface area contributed by atoms with E-state index in [-0.39, 0.29) is 18.1 Å². The number of hydrogen-bond donors (Lipinski definition) is 0. The van der Waals surface area contributed by atoms with Gasteiger partial charge in [-0.1, -0.05) is 43.4 Å². The first-order valence-electron chi connectivity index (χ1n) is 10.3. The first-order valence-corrected chi connectivity index (χ1v) is 11.2. The molecule has 7 heteroatoms. The highest BCUT2D eigenvalue weighted by Gasteiger charge is 2.21. The molecule has 0 aliphatic heterocycles. The number of nitrogens with zero attached hydrogens (tertiary/aromatic N) is 3. The lowest BCUT2D eigenvalue weighted by atomic mass is 10.1. The standard InChI is InChI=1S/C23H28FN3O2S/c1-4-26(5-2)14-15-27(23-25-22-19(24)8-7-9-20(22)30-23)21(28)16-17-10-12-18(13-11-17)29-6-3/h7-13H,4-6,14-16H2,1-3H3. The largest absolute Gasteiger partial charge is 0.494 e. The van der Waals surface area contributed by atoms with Gasteiger partial charge in [-0.2, -0.15) is 0 Å². The number of fused-ring (bicyclic) bond motifs is 1. The molecule has 0 N–H and O–H groups in total. The van der Waals surface area contributed by atoms with Gasteiger partial charge >= 0.3 is 0 Å². The number of ether oxygens (including phenoxy) is 1. The monoisotopic (exact) mass is 429 g/mol. The second-order valence-electron chi connectivity index (χ2n) is 6.91. The van der Waals surface area contributed by atoms with Gasteiger partial charge in [0.2, 0.25) is 5.91 Å². The number of anilines is 1. The van der Waals surface area contributed by atoms with Gasteiger partial charge in [-0.15, -0.1) is 0 Å². The van der Waals surface area contributed by atoms with Crippen molar-refractivity contribution >= 4 is 32.6 Å². The van der Waals surface area contributed by atoms with Gasteiger partial charge in [0.05, 0.1) is 17.7 Å². The van der Waals surface area contributed by atoms with Crippen LogP contribution in [0.25, 0.3) is 10.2 Å². The highest BCUT2D eigenvalue weighted by molar-refractivity contribution is 7.22. The molecule has 0 saturated carbocycles. The van der Waals surface area contributed by atoms with E-state index in [1.165, 1.54) is 17.4 Å². The summed E-state index contributed by atoms with van der Waals surface area (Å²) in [6.07, 6.45) is 0.253. The maximum atomic E-state index is 14.2. The summed E-state index contributed by atoms with van der Waals surface area (Å²) in [4.78, 5) is 21.6. The Hall–Kier alpha value is -2.51. The topological polar surface area (TPSA) is 45.7 Å². The number of amides is 1. The first kappa shape index (κ1) is 22.2. The van der Waals surface area contributed by atoms with Gasteiger partial charge in [0, 0.05) is 13.1 Å². The van der Waals surface area contributed by atoms with E-state index in [4.69, 9.17) is 4.74 Å². The number of halogens is 1. The van der Waals surface area contributed by atoms with Gasteiger partial charge in [0.25, 0.3) is 0 Å². The zero-order chi connectivity index (χ0) is 21.5. The molecule has 0 aliphatic carbocycles. The number of hydrogen-bond acceptors (Lipinski definition) is 5. The summed E-state index contributed by atoms with van der Waals surface area (Å²) in [5, 5.41) is 0.540. The van der Waals surface area contributed by atoms with Crippen molar-refractivity contribution in [2.24, 2.45) is 0 Å². The number of likely N-dealkylation sites (N-methyl/N-ethyl adjacent to an activating group) is 1. The summed E-state index contributed by atoms with van der Waals surface area (Å²) in [5.74, 6) is 0.372. The molecule has 0 saturated heterocycles. The molecule has 0 spiro atoms. The lowest BCUT2D eigenvalue weighted by Crippen LogP contribution is -2.39. The zero-order valence-corrected chi connectivity index (χ0v) is 18.5. The molecule has 1 amide bonds. The van der Waals surface area contributed by atoms with E-state index >= 15 is 0 Å². The van der Waals surface area contributed by atoms with Gasteiger partial charge in [-0.25, -0.2) is 9.37 Å². The van der Waals surface area contributed by atoms with Crippen molar-refractivity contribution in [2.45, 2.75) is 27.2 Å². The Balaban J connectivity index is 1.83. The van der Waals surface area contributed by atoms with Crippen molar-refractivity contribution < 1.29 is 13.9 Å². The van der Waals surface area contributed by atoms with Crippen LogP contribution in [0.4, 0.5) is 9.52 Å². The van der Waals surface area contributed by atoms with Gasteiger partial charge < -0.3 is 9.64 Å². The molecular formula is C23H28FN3O2S. The molecule has 0 aliphatic rings. The number of carbonyl (C=O) groups excluding carboxylic acids is 1. The minimum atomic E-state index is -0.363. The van der Waals surface area contributed by atoms with E-state index in [1.54, 1.807) is 11.0 Å². The number of rotatable bonds is 10. The molecule has 1 aromatic heterocycles. The van der Waals surface area contributed by atoms with Crippen molar-refractivity contribution in [3.63, 3.8) is 0 Å². The van der Waals surface area contributed by atoms with Crippen LogP contribution in [-0.2, 0) is 11.2 Å². The summed E-state index contributed by atoms with van der Waals surface area (Å²) in [6.45, 7) is 9.81. The van der Waals surface area contributed by atoms with Gasteiger partial charge in [0.1, 0.15) is 17.1 Å². The third-order valence-corrected chi connectivity index (χ3v) is 6.06. The van der Waals surface area contributed by atoms with Crippen molar-refractivity contribution in [1.82, 2.24) is 9.88 Å². The molecule has 3 rings (SSSR count). The van der Waals surface area contributed by atoms with E-state index in [1.807, 2.05) is 37.3 Å². The molecule has 5 nitrogen and oxygen atoms in total. The highest BCUT2D eigenvalue weighted by atomic mass is 32.1. The maximum absolute atomic E-state index is 14.2. The fourth-order valence-electron chi connectivity index (χ4n) is 3.27. The number of benzene rings is 2. The van der Waals surface area contributed by atoms with E-state index in [9.17, 15) is 9.18 Å². The predicted octanol–water partition coefficient (Wildman–Crippen LogP) is 4.75. The summed E-state index contributed by atoms with van der Waals surface area (Å²) in [5.41, 5.74) is 1.22. The quantitative estimate of drug-likeness (QED) is 0.467. The van der Waals surface area contributed by atoms with Crippen LogP contribution in [0.15, 0.2) is 42.5 Å². The van der Waals surface area contributed by atoms with E-state index < -0.39 is 0 Å². The molecule has 30 heavy (non-hydrogen) atoms. The fourth-order valence-corrected chi connectivity index (χ4v) is 4.29. The van der Waals surface area contributed by atoms with Crippen LogP contribution in [0.1, 0.15) is 26.3 Å². The highest BCUT2D eigenvalue weighted by Crippen LogP contribution is 2.30. The molecule has 1 heterocycles. The van der Waals surface area contributed by atoms with Crippen LogP contribution in [0, 0.1) is 5.82 Å². The van der Waals surface area contributed by atoms with Crippen LogP contribution in [0.5, 0.6) is 5.75 Å². The molecule has 0 radical (unpaired) electrons. The SMILES string of the molecule is CCOc1ccc(CC(=O)N(CCN(CC)CC)c2nc3c(F)cccc3s2)cc1. The van der Waals surface area contributed by atoms with E-state index in [0.717, 1.165) is 35.6 Å². The predicted molar refractivity (Wildman–Crippen MR) is 121 cm³/mol. The fraction of sp³-hybridized carbons (Fsp3) is 0.391. The van der Waals surface area contributed by atoms with Crippen LogP contribution in [0.3, 0.4) is 0 Å². The Kier molecular flexibility index (Phi) is 7.76. The lowest BCUT2D eigenvalue weighted by molar-refractivity contribution is -0.118. The minimum Gasteiger partial charge on any atom is -0.494 e. The molecule has 0 bridgehead atoms. The number of thiazole rings is 1. The second-order valence-corrected chi connectivity index (χ2v) is 7.92. The van der Waals surface area contributed by atoms with Crippen LogP contribution in [-0.4, -0.2) is 48.6 Å². The Morgan fingerprint density at radius 1 is 1.07 bits per heavy atom. The Bertz CT molecular complexity index is 970. The molecular weight excluding hydrogens is 401 g/mol. The van der Waals surface area contributed by atoms with Crippen LogP contribution < -0.4 is 9.64 Å². The van der Waals surface area contributed by atoms with Crippen molar-refractivity contribution in [3.05, 3.63) is 53.8 Å². The summed E-state index contributed by atoms with van der Waals surface area (Å²) < 4.78 is 20.4. The minimum absolute atomic E-state index is 0.0502.